The number of thioether (sulfide) groups is 1. The van der Waals surface area contributed by atoms with Gasteiger partial charge >= 0.3 is 6.18 Å². The van der Waals surface area contributed by atoms with Crippen molar-refractivity contribution in [2.45, 2.75) is 25.1 Å². The van der Waals surface area contributed by atoms with Crippen molar-refractivity contribution < 1.29 is 32.2 Å². The number of halogens is 3. The molecule has 0 unspecified atom stereocenters. The van der Waals surface area contributed by atoms with E-state index in [2.05, 4.69) is 5.32 Å². The number of carbonyl (C=O) groups excluding carboxylic acids is 2. The van der Waals surface area contributed by atoms with Gasteiger partial charge in [-0.05, 0) is 54.8 Å². The summed E-state index contributed by atoms with van der Waals surface area (Å²) < 4.78 is 49.9. The number of thiocarbonyl (C=S) groups is 1. The van der Waals surface area contributed by atoms with E-state index >= 15 is 0 Å². The van der Waals surface area contributed by atoms with Gasteiger partial charge in [-0.3, -0.25) is 14.5 Å². The van der Waals surface area contributed by atoms with Gasteiger partial charge in [0.25, 0.3) is 11.8 Å². The van der Waals surface area contributed by atoms with Gasteiger partial charge < -0.3 is 14.8 Å². The monoisotopic (exact) mass is 508 g/mol. The van der Waals surface area contributed by atoms with Crippen molar-refractivity contribution >= 4 is 51.9 Å². The van der Waals surface area contributed by atoms with Crippen molar-refractivity contribution in [2.75, 3.05) is 19.0 Å². The number of methoxy groups -OCH3 is 1. The molecule has 0 atom stereocenters. The Morgan fingerprint density at radius 2 is 2.00 bits per heavy atom. The number of alkyl halides is 3. The molecule has 0 spiro atoms. The van der Waals surface area contributed by atoms with Gasteiger partial charge in [-0.15, -0.1) is 0 Å². The van der Waals surface area contributed by atoms with Gasteiger partial charge in [-0.2, -0.15) is 13.2 Å². The quantitative estimate of drug-likeness (QED) is 0.415. The van der Waals surface area contributed by atoms with Gasteiger partial charge in [-0.1, -0.05) is 36.1 Å². The molecule has 0 aromatic heterocycles. The lowest BCUT2D eigenvalue weighted by Gasteiger charge is -2.13. The topological polar surface area (TPSA) is 67.9 Å². The molecule has 2 aliphatic rings. The Hall–Kier alpha value is -3.05. The van der Waals surface area contributed by atoms with Crippen LogP contribution in [0.3, 0.4) is 0 Å². The second-order valence-electron chi connectivity index (χ2n) is 7.61. The molecule has 2 amide bonds. The normalized spacial score (nSPS) is 17.3. The van der Waals surface area contributed by atoms with Crippen LogP contribution in [-0.4, -0.2) is 40.8 Å². The van der Waals surface area contributed by atoms with Crippen molar-refractivity contribution in [2.24, 2.45) is 0 Å². The molecular weight excluding hydrogens is 489 g/mol. The molecule has 1 aliphatic carbocycles. The lowest BCUT2D eigenvalue weighted by atomic mass is 10.2. The summed E-state index contributed by atoms with van der Waals surface area (Å²) in [6.45, 7) is -0.438. The fourth-order valence-corrected chi connectivity index (χ4v) is 4.69. The highest BCUT2D eigenvalue weighted by Gasteiger charge is 2.41. The number of nitrogens with zero attached hydrogens (tertiary/aromatic N) is 1. The predicted molar refractivity (Wildman–Crippen MR) is 127 cm³/mol. The van der Waals surface area contributed by atoms with Gasteiger partial charge in [0.1, 0.15) is 4.32 Å². The van der Waals surface area contributed by atoms with Gasteiger partial charge in [0, 0.05) is 11.7 Å². The molecular formula is C23H19F3N2O4S2. The zero-order chi connectivity index (χ0) is 24.5. The summed E-state index contributed by atoms with van der Waals surface area (Å²) in [5.74, 6) is -0.139. The van der Waals surface area contributed by atoms with Crippen LogP contribution in [0.1, 0.15) is 24.0 Å². The average molecular weight is 509 g/mol. The van der Waals surface area contributed by atoms with Gasteiger partial charge in [0.15, 0.2) is 18.1 Å². The summed E-state index contributed by atoms with van der Waals surface area (Å²) in [7, 11) is 1.43. The molecule has 4 rings (SSSR count). The summed E-state index contributed by atoms with van der Waals surface area (Å²) >= 11 is 6.57. The molecule has 11 heteroatoms. The number of hydrogen-bond acceptors (Lipinski definition) is 6. The Balaban J connectivity index is 1.40. The van der Waals surface area contributed by atoms with E-state index in [1.54, 1.807) is 29.2 Å². The Morgan fingerprint density at radius 1 is 1.24 bits per heavy atom. The van der Waals surface area contributed by atoms with E-state index in [0.717, 1.165) is 25.0 Å². The number of hydrogen-bond donors (Lipinski definition) is 1. The van der Waals surface area contributed by atoms with E-state index in [9.17, 15) is 22.8 Å². The molecule has 1 saturated heterocycles. The molecule has 2 fully saturated rings. The molecule has 1 aliphatic heterocycles. The first-order valence-electron chi connectivity index (χ1n) is 10.2. The van der Waals surface area contributed by atoms with Crippen molar-refractivity contribution in [3.63, 3.8) is 0 Å². The average Bonchev–Trinajstić information content (AvgIpc) is 3.58. The van der Waals surface area contributed by atoms with Gasteiger partial charge in [0.2, 0.25) is 0 Å². The Morgan fingerprint density at radius 3 is 2.68 bits per heavy atom. The number of anilines is 1. The standard InChI is InChI=1S/C23H19F3N2O4S2/c1-31-18-9-13(10-19-21(30)28(16-6-7-16)22(33)34-19)5-8-17(18)32-12-20(29)27-15-4-2-3-14(11-15)23(24,25)26/h2-5,8-11,16H,6-7,12H2,1H3,(H,27,29)/b19-10-. The minimum atomic E-state index is -4.51. The first-order chi connectivity index (χ1) is 16.2. The molecule has 34 heavy (non-hydrogen) atoms. The highest BCUT2D eigenvalue weighted by atomic mass is 32.2. The van der Waals surface area contributed by atoms with Crippen LogP contribution >= 0.6 is 24.0 Å². The van der Waals surface area contributed by atoms with E-state index in [1.165, 1.54) is 31.0 Å². The molecule has 2 aromatic carbocycles. The van der Waals surface area contributed by atoms with Crippen LogP contribution < -0.4 is 14.8 Å². The van der Waals surface area contributed by atoms with Crippen LogP contribution in [0.25, 0.3) is 6.08 Å². The number of carbonyl (C=O) groups is 2. The fourth-order valence-electron chi connectivity index (χ4n) is 3.29. The van der Waals surface area contributed by atoms with Crippen LogP contribution in [0.15, 0.2) is 47.4 Å². The van der Waals surface area contributed by atoms with Crippen LogP contribution in [0.2, 0.25) is 0 Å². The number of ether oxygens (including phenoxy) is 2. The summed E-state index contributed by atoms with van der Waals surface area (Å²) in [5, 5.41) is 2.38. The largest absolute Gasteiger partial charge is 0.493 e. The van der Waals surface area contributed by atoms with E-state index < -0.39 is 24.3 Å². The highest BCUT2D eigenvalue weighted by Crippen LogP contribution is 2.40. The summed E-state index contributed by atoms with van der Waals surface area (Å²) in [6.07, 6.45) is -0.874. The van der Waals surface area contributed by atoms with Crippen molar-refractivity contribution in [1.82, 2.24) is 4.90 Å². The third-order valence-electron chi connectivity index (χ3n) is 5.05. The zero-order valence-corrected chi connectivity index (χ0v) is 19.5. The summed E-state index contributed by atoms with van der Waals surface area (Å²) in [4.78, 5) is 27.0. The van der Waals surface area contributed by atoms with Gasteiger partial charge in [0.05, 0.1) is 17.6 Å². The van der Waals surface area contributed by atoms with E-state index in [0.29, 0.717) is 20.5 Å². The third kappa shape index (κ3) is 5.53. The molecule has 1 heterocycles. The Labute approximate surface area is 203 Å². The second kappa shape index (κ2) is 9.67. The maximum atomic E-state index is 12.8. The molecule has 178 valence electrons. The molecule has 1 saturated carbocycles. The first kappa shape index (κ1) is 24.1. The molecule has 0 bridgehead atoms. The third-order valence-corrected chi connectivity index (χ3v) is 6.38. The molecule has 0 radical (unpaired) electrons. The Kier molecular flexibility index (Phi) is 6.85. The van der Waals surface area contributed by atoms with Crippen LogP contribution in [0, 0.1) is 0 Å². The van der Waals surface area contributed by atoms with Crippen molar-refractivity contribution in [3.05, 3.63) is 58.5 Å². The number of rotatable bonds is 7. The van der Waals surface area contributed by atoms with E-state index in [1.807, 2.05) is 0 Å². The van der Waals surface area contributed by atoms with Crippen LogP contribution in [0.4, 0.5) is 18.9 Å². The van der Waals surface area contributed by atoms with Crippen molar-refractivity contribution in [1.29, 1.82) is 0 Å². The molecule has 6 nitrogen and oxygen atoms in total. The van der Waals surface area contributed by atoms with E-state index in [4.69, 9.17) is 21.7 Å². The zero-order valence-electron chi connectivity index (χ0n) is 17.8. The summed E-state index contributed by atoms with van der Waals surface area (Å²) in [6, 6.07) is 9.47. The summed E-state index contributed by atoms with van der Waals surface area (Å²) in [5.41, 5.74) is -0.166. The minimum absolute atomic E-state index is 0.00856. The minimum Gasteiger partial charge on any atom is -0.493 e. The second-order valence-corrected chi connectivity index (χ2v) is 9.28. The number of amides is 2. The SMILES string of the molecule is COc1cc(/C=C2\SC(=S)N(C3CC3)C2=O)ccc1OCC(=O)Nc1cccc(C(F)(F)F)c1. The maximum absolute atomic E-state index is 12.8. The van der Waals surface area contributed by atoms with Gasteiger partial charge in [-0.25, -0.2) is 0 Å². The fraction of sp³-hybridized carbons (Fsp3) is 0.261. The number of benzene rings is 2. The smallest absolute Gasteiger partial charge is 0.416 e. The lowest BCUT2D eigenvalue weighted by molar-refractivity contribution is -0.137. The number of nitrogens with one attached hydrogen (secondary N) is 1. The lowest BCUT2D eigenvalue weighted by Crippen LogP contribution is -2.30. The van der Waals surface area contributed by atoms with E-state index in [-0.39, 0.29) is 23.4 Å². The maximum Gasteiger partial charge on any atom is 0.416 e. The Bertz CT molecular complexity index is 1180. The first-order valence-corrected chi connectivity index (χ1v) is 11.4. The van der Waals surface area contributed by atoms with Crippen molar-refractivity contribution in [3.8, 4) is 11.5 Å². The van der Waals surface area contributed by atoms with Crippen LogP contribution in [-0.2, 0) is 15.8 Å². The predicted octanol–water partition coefficient (Wildman–Crippen LogP) is 5.10. The highest BCUT2D eigenvalue weighted by molar-refractivity contribution is 8.26. The molecule has 2 aromatic rings. The van der Waals surface area contributed by atoms with Crippen LogP contribution in [0.5, 0.6) is 11.5 Å². The molecule has 1 N–H and O–H groups in total.